The lowest BCUT2D eigenvalue weighted by molar-refractivity contribution is -0.119. The first-order valence-electron chi connectivity index (χ1n) is 9.76. The van der Waals surface area contributed by atoms with Gasteiger partial charge in [0.25, 0.3) is 0 Å². The van der Waals surface area contributed by atoms with Crippen LogP contribution in [0.4, 0.5) is 0 Å². The molecule has 2 aromatic rings. The van der Waals surface area contributed by atoms with Gasteiger partial charge >= 0.3 is 0 Å². The van der Waals surface area contributed by atoms with Crippen molar-refractivity contribution in [3.8, 4) is 0 Å². The molecule has 0 saturated carbocycles. The van der Waals surface area contributed by atoms with Crippen molar-refractivity contribution < 1.29 is 14.3 Å². The number of allylic oxidation sites excluding steroid dienone is 1. The molecule has 2 N–H and O–H groups in total. The summed E-state index contributed by atoms with van der Waals surface area (Å²) in [7, 11) is 1.42. The van der Waals surface area contributed by atoms with E-state index in [0.29, 0.717) is 24.4 Å². The summed E-state index contributed by atoms with van der Waals surface area (Å²) in [5.74, 6) is -0.438. The average Bonchev–Trinajstić information content (AvgIpc) is 2.75. The Bertz CT molecular complexity index is 931. The Balaban J connectivity index is 1.65. The van der Waals surface area contributed by atoms with Crippen LogP contribution in [0.2, 0.25) is 0 Å². The van der Waals surface area contributed by atoms with Gasteiger partial charge in [-0.3, -0.25) is 9.59 Å². The van der Waals surface area contributed by atoms with E-state index in [4.69, 9.17) is 4.74 Å². The van der Waals surface area contributed by atoms with Crippen LogP contribution in [0.15, 0.2) is 83.4 Å². The van der Waals surface area contributed by atoms with E-state index in [0.717, 1.165) is 18.4 Å². The highest BCUT2D eigenvalue weighted by Gasteiger charge is 2.33. The van der Waals surface area contributed by atoms with E-state index in [1.807, 2.05) is 60.7 Å². The molecule has 0 unspecified atom stereocenters. The Morgan fingerprint density at radius 1 is 0.724 bits per heavy atom. The minimum atomic E-state index is -0.292. The molecule has 5 heteroatoms. The van der Waals surface area contributed by atoms with Gasteiger partial charge in [0, 0.05) is 18.7 Å². The molecule has 3 rings (SSSR count). The maximum atomic E-state index is 12.9. The van der Waals surface area contributed by atoms with Crippen LogP contribution >= 0.6 is 0 Å². The number of carbonyl (C=O) groups is 2. The third-order valence-corrected chi connectivity index (χ3v) is 4.92. The van der Waals surface area contributed by atoms with E-state index in [-0.39, 0.29) is 23.0 Å². The quantitative estimate of drug-likeness (QED) is 0.645. The largest absolute Gasteiger partial charge is 0.491 e. The molecule has 5 nitrogen and oxygen atoms in total. The summed E-state index contributed by atoms with van der Waals surface area (Å²) in [5, 5.41) is 6.24. The number of hydrogen-bond donors (Lipinski definition) is 2. The molecule has 0 bridgehead atoms. The smallest absolute Gasteiger partial charge is 0.246 e. The zero-order chi connectivity index (χ0) is 20.6. The summed E-state index contributed by atoms with van der Waals surface area (Å²) in [4.78, 5) is 25.8. The van der Waals surface area contributed by atoms with Crippen LogP contribution in [0.3, 0.4) is 0 Å². The monoisotopic (exact) mass is 390 g/mol. The van der Waals surface area contributed by atoms with Crippen LogP contribution in [-0.4, -0.2) is 31.8 Å². The Morgan fingerprint density at radius 2 is 1.21 bits per heavy atom. The van der Waals surface area contributed by atoms with Gasteiger partial charge in [-0.25, -0.2) is 0 Å². The maximum Gasteiger partial charge on any atom is 0.246 e. The number of benzene rings is 2. The van der Waals surface area contributed by atoms with Crippen molar-refractivity contribution in [1.82, 2.24) is 10.6 Å². The highest BCUT2D eigenvalue weighted by molar-refractivity contribution is 6.23. The van der Waals surface area contributed by atoms with Crippen molar-refractivity contribution in [3.05, 3.63) is 94.5 Å². The Hall–Kier alpha value is -3.34. The van der Waals surface area contributed by atoms with Gasteiger partial charge in [-0.2, -0.15) is 0 Å². The molecule has 0 heterocycles. The molecular weight excluding hydrogens is 364 g/mol. The molecule has 2 aromatic carbocycles. The SMILES string of the molecule is COC1=C(NCCc2ccccc2)C(=O)C(C)=C(NCCc2ccccc2)C1=O. The highest BCUT2D eigenvalue weighted by Crippen LogP contribution is 2.22. The number of ether oxygens (including phenoxy) is 1. The molecule has 0 fully saturated rings. The van der Waals surface area contributed by atoms with Gasteiger partial charge in [-0.05, 0) is 30.9 Å². The molecule has 0 amide bonds. The van der Waals surface area contributed by atoms with Crippen LogP contribution < -0.4 is 10.6 Å². The fourth-order valence-corrected chi connectivity index (χ4v) is 3.32. The Kier molecular flexibility index (Phi) is 6.85. The number of nitrogens with one attached hydrogen (secondary N) is 2. The van der Waals surface area contributed by atoms with E-state index in [1.54, 1.807) is 6.92 Å². The summed E-state index contributed by atoms with van der Waals surface area (Å²) in [6.07, 6.45) is 1.50. The normalized spacial score (nSPS) is 14.3. The minimum Gasteiger partial charge on any atom is -0.491 e. The van der Waals surface area contributed by atoms with Gasteiger partial charge in [0.05, 0.1) is 12.8 Å². The molecule has 150 valence electrons. The molecule has 0 radical (unpaired) electrons. The van der Waals surface area contributed by atoms with Crippen molar-refractivity contribution in [3.63, 3.8) is 0 Å². The zero-order valence-corrected chi connectivity index (χ0v) is 16.8. The molecule has 0 saturated heterocycles. The third kappa shape index (κ3) is 4.93. The van der Waals surface area contributed by atoms with Gasteiger partial charge in [0.1, 0.15) is 5.70 Å². The number of hydrogen-bond acceptors (Lipinski definition) is 5. The van der Waals surface area contributed by atoms with E-state index >= 15 is 0 Å². The standard InChI is InChI=1S/C24H26N2O3/c1-17-20(25-15-13-18-9-5-3-6-10-18)23(28)24(29-2)21(22(17)27)26-16-14-19-11-7-4-8-12-19/h3-12,25-26H,13-16H2,1-2H3. The van der Waals surface area contributed by atoms with Crippen LogP contribution in [0, 0.1) is 0 Å². The van der Waals surface area contributed by atoms with Gasteiger partial charge in [0.15, 0.2) is 5.76 Å². The second-order valence-electron chi connectivity index (χ2n) is 6.89. The summed E-state index contributed by atoms with van der Waals surface area (Å²) < 4.78 is 5.30. The highest BCUT2D eigenvalue weighted by atomic mass is 16.5. The Labute approximate surface area is 171 Å². The fraction of sp³-hybridized carbons (Fsp3) is 0.250. The number of carbonyl (C=O) groups excluding carboxylic acids is 2. The zero-order valence-electron chi connectivity index (χ0n) is 16.8. The number of ketones is 2. The lowest BCUT2D eigenvalue weighted by Gasteiger charge is -2.23. The molecule has 29 heavy (non-hydrogen) atoms. The summed E-state index contributed by atoms with van der Waals surface area (Å²) in [6, 6.07) is 20.0. The minimum absolute atomic E-state index is 0.0656. The average molecular weight is 390 g/mol. The second kappa shape index (κ2) is 9.73. The summed E-state index contributed by atoms with van der Waals surface area (Å²) in [6.45, 7) is 2.77. The predicted molar refractivity (Wildman–Crippen MR) is 113 cm³/mol. The van der Waals surface area contributed by atoms with Gasteiger partial charge in [-0.15, -0.1) is 0 Å². The fourth-order valence-electron chi connectivity index (χ4n) is 3.32. The van der Waals surface area contributed by atoms with Gasteiger partial charge < -0.3 is 15.4 Å². The third-order valence-electron chi connectivity index (χ3n) is 4.92. The number of Topliss-reactive ketones (excluding diaryl/α,β-unsaturated/α-hetero) is 2. The molecule has 0 atom stereocenters. The first-order chi connectivity index (χ1) is 14.1. The number of rotatable bonds is 9. The first-order valence-corrected chi connectivity index (χ1v) is 9.76. The lowest BCUT2D eigenvalue weighted by Crippen LogP contribution is -2.37. The molecule has 1 aliphatic carbocycles. The van der Waals surface area contributed by atoms with Crippen molar-refractivity contribution in [2.24, 2.45) is 0 Å². The molecule has 1 aliphatic rings. The molecule has 0 aromatic heterocycles. The number of methoxy groups -OCH3 is 1. The van der Waals surface area contributed by atoms with Crippen LogP contribution in [0.1, 0.15) is 18.1 Å². The molecular formula is C24H26N2O3. The van der Waals surface area contributed by atoms with Crippen molar-refractivity contribution in [1.29, 1.82) is 0 Å². The predicted octanol–water partition coefficient (Wildman–Crippen LogP) is 2.93. The summed E-state index contributed by atoms with van der Waals surface area (Å²) >= 11 is 0. The van der Waals surface area contributed by atoms with E-state index in [2.05, 4.69) is 10.6 Å². The van der Waals surface area contributed by atoms with Crippen molar-refractivity contribution in [2.75, 3.05) is 20.2 Å². The van der Waals surface area contributed by atoms with E-state index in [1.165, 1.54) is 12.7 Å². The first kappa shape index (κ1) is 20.4. The maximum absolute atomic E-state index is 12.9. The van der Waals surface area contributed by atoms with Crippen molar-refractivity contribution in [2.45, 2.75) is 19.8 Å². The second-order valence-corrected chi connectivity index (χ2v) is 6.89. The van der Waals surface area contributed by atoms with Crippen LogP contribution in [-0.2, 0) is 27.2 Å². The van der Waals surface area contributed by atoms with Crippen LogP contribution in [0.25, 0.3) is 0 Å². The van der Waals surface area contributed by atoms with E-state index < -0.39 is 0 Å². The molecule has 0 aliphatic heterocycles. The summed E-state index contributed by atoms with van der Waals surface area (Å²) in [5.41, 5.74) is 3.28. The molecule has 0 spiro atoms. The Morgan fingerprint density at radius 3 is 1.69 bits per heavy atom. The lowest BCUT2D eigenvalue weighted by atomic mass is 9.96. The van der Waals surface area contributed by atoms with Crippen molar-refractivity contribution >= 4 is 11.6 Å². The van der Waals surface area contributed by atoms with E-state index in [9.17, 15) is 9.59 Å². The topological polar surface area (TPSA) is 67.4 Å². The van der Waals surface area contributed by atoms with Crippen LogP contribution in [0.5, 0.6) is 0 Å². The van der Waals surface area contributed by atoms with Gasteiger partial charge in [-0.1, -0.05) is 60.7 Å². The van der Waals surface area contributed by atoms with Gasteiger partial charge in [0.2, 0.25) is 11.6 Å².